The predicted octanol–water partition coefficient (Wildman–Crippen LogP) is 1.71. The Labute approximate surface area is 106 Å². The lowest BCUT2D eigenvalue weighted by Gasteiger charge is -2.30. The van der Waals surface area contributed by atoms with Crippen molar-refractivity contribution in [3.63, 3.8) is 0 Å². The summed E-state index contributed by atoms with van der Waals surface area (Å²) in [6.45, 7) is 10.0. The Morgan fingerprint density at radius 2 is 1.88 bits per heavy atom. The van der Waals surface area contributed by atoms with Crippen LogP contribution in [0.15, 0.2) is 0 Å². The van der Waals surface area contributed by atoms with E-state index in [1.807, 2.05) is 0 Å². The molecule has 0 radical (unpaired) electrons. The Morgan fingerprint density at radius 3 is 2.47 bits per heavy atom. The van der Waals surface area contributed by atoms with Crippen molar-refractivity contribution in [3.8, 4) is 0 Å². The second-order valence-electron chi connectivity index (χ2n) is 5.83. The summed E-state index contributed by atoms with van der Waals surface area (Å²) in [7, 11) is 0. The lowest BCUT2D eigenvalue weighted by molar-refractivity contribution is 0.0139. The predicted molar refractivity (Wildman–Crippen MR) is 71.2 cm³/mol. The van der Waals surface area contributed by atoms with Crippen molar-refractivity contribution in [2.45, 2.75) is 57.6 Å². The van der Waals surface area contributed by atoms with Crippen LogP contribution in [0.5, 0.6) is 0 Å². The third-order valence-electron chi connectivity index (χ3n) is 4.63. The van der Waals surface area contributed by atoms with Crippen LogP contribution in [0.4, 0.5) is 0 Å². The molecule has 2 rings (SSSR count). The number of nitrogens with zero attached hydrogens (tertiary/aromatic N) is 2. The van der Waals surface area contributed by atoms with Gasteiger partial charge in [0, 0.05) is 19.1 Å². The van der Waals surface area contributed by atoms with Crippen molar-refractivity contribution in [1.29, 1.82) is 0 Å². The van der Waals surface area contributed by atoms with Gasteiger partial charge >= 0.3 is 0 Å². The second kappa shape index (κ2) is 5.68. The monoisotopic (exact) mass is 240 g/mol. The van der Waals surface area contributed by atoms with E-state index in [0.29, 0.717) is 0 Å². The van der Waals surface area contributed by atoms with Crippen molar-refractivity contribution in [1.82, 2.24) is 9.80 Å². The summed E-state index contributed by atoms with van der Waals surface area (Å²) in [6.07, 6.45) is 5.73. The molecule has 0 aromatic carbocycles. The molecule has 17 heavy (non-hydrogen) atoms. The summed E-state index contributed by atoms with van der Waals surface area (Å²) < 4.78 is 0. The van der Waals surface area contributed by atoms with E-state index in [1.54, 1.807) is 0 Å². The average molecular weight is 240 g/mol. The lowest BCUT2D eigenvalue weighted by Crippen LogP contribution is -2.42. The number of rotatable bonds is 5. The van der Waals surface area contributed by atoms with Gasteiger partial charge in [-0.1, -0.05) is 26.7 Å². The molecule has 1 saturated carbocycles. The van der Waals surface area contributed by atoms with Crippen LogP contribution in [-0.4, -0.2) is 59.3 Å². The fourth-order valence-electron chi connectivity index (χ4n) is 3.60. The third-order valence-corrected chi connectivity index (χ3v) is 4.63. The Balaban J connectivity index is 1.81. The zero-order valence-corrected chi connectivity index (χ0v) is 11.5. The van der Waals surface area contributed by atoms with Gasteiger partial charge < -0.3 is 5.11 Å². The highest BCUT2D eigenvalue weighted by Gasteiger charge is 2.36. The van der Waals surface area contributed by atoms with Gasteiger partial charge in [-0.2, -0.15) is 0 Å². The molecule has 1 unspecified atom stereocenters. The smallest absolute Gasteiger partial charge is 0.0774 e. The van der Waals surface area contributed by atoms with Gasteiger partial charge in [-0.3, -0.25) is 9.80 Å². The molecule has 1 aliphatic heterocycles. The number of likely N-dealkylation sites (tertiary alicyclic amines) is 1. The van der Waals surface area contributed by atoms with Gasteiger partial charge in [0.25, 0.3) is 0 Å². The van der Waals surface area contributed by atoms with Crippen molar-refractivity contribution < 1.29 is 5.11 Å². The minimum Gasteiger partial charge on any atom is -0.389 e. The van der Waals surface area contributed by atoms with Crippen LogP contribution >= 0.6 is 0 Å². The summed E-state index contributed by atoms with van der Waals surface area (Å²) in [5, 5.41) is 10.4. The van der Waals surface area contributed by atoms with Gasteiger partial charge in [-0.15, -0.1) is 0 Å². The molecule has 1 aliphatic carbocycles. The van der Waals surface area contributed by atoms with Crippen LogP contribution in [0.2, 0.25) is 0 Å². The molecule has 0 bridgehead atoms. The zero-order valence-electron chi connectivity index (χ0n) is 11.5. The average Bonchev–Trinajstić information content (AvgIpc) is 2.91. The Bertz CT molecular complexity index is 234. The summed E-state index contributed by atoms with van der Waals surface area (Å²) in [5.41, 5.74) is -0.363. The molecule has 2 fully saturated rings. The topological polar surface area (TPSA) is 26.7 Å². The van der Waals surface area contributed by atoms with Crippen LogP contribution < -0.4 is 0 Å². The van der Waals surface area contributed by atoms with Crippen molar-refractivity contribution >= 4 is 0 Å². The van der Waals surface area contributed by atoms with Crippen molar-refractivity contribution in [2.24, 2.45) is 0 Å². The van der Waals surface area contributed by atoms with Gasteiger partial charge in [0.05, 0.1) is 5.60 Å². The molecule has 100 valence electrons. The molecule has 1 atom stereocenters. The number of β-amino-alcohol motifs (C(OH)–C–C–N with tert-alkyl or cyclic N) is 1. The van der Waals surface area contributed by atoms with E-state index in [0.717, 1.165) is 45.1 Å². The molecule has 3 nitrogen and oxygen atoms in total. The molecule has 3 heteroatoms. The Morgan fingerprint density at radius 1 is 1.24 bits per heavy atom. The molecule has 1 heterocycles. The maximum Gasteiger partial charge on any atom is 0.0774 e. The summed E-state index contributed by atoms with van der Waals surface area (Å²) in [5.74, 6) is 0. The summed E-state index contributed by atoms with van der Waals surface area (Å²) in [6, 6.07) is 0.718. The number of likely N-dealkylation sites (N-methyl/N-ethyl adjacent to an activating group) is 1. The van der Waals surface area contributed by atoms with Gasteiger partial charge in [0.15, 0.2) is 0 Å². The summed E-state index contributed by atoms with van der Waals surface area (Å²) >= 11 is 0. The van der Waals surface area contributed by atoms with Gasteiger partial charge in [0.1, 0.15) is 0 Å². The second-order valence-corrected chi connectivity index (χ2v) is 5.83. The van der Waals surface area contributed by atoms with Crippen LogP contribution in [0.25, 0.3) is 0 Å². The largest absolute Gasteiger partial charge is 0.389 e. The van der Waals surface area contributed by atoms with E-state index in [1.165, 1.54) is 25.8 Å². The van der Waals surface area contributed by atoms with Crippen molar-refractivity contribution in [2.75, 3.05) is 32.7 Å². The quantitative estimate of drug-likeness (QED) is 0.792. The van der Waals surface area contributed by atoms with Gasteiger partial charge in [-0.25, -0.2) is 0 Å². The number of hydrogen-bond acceptors (Lipinski definition) is 3. The number of hydrogen-bond donors (Lipinski definition) is 1. The summed E-state index contributed by atoms with van der Waals surface area (Å²) in [4.78, 5) is 5.03. The standard InChI is InChI=1S/C14H28N2O/c1-3-16(4-2)13-7-10-15(11-13)12-14(17)8-5-6-9-14/h13,17H,3-12H2,1-2H3. The zero-order chi connectivity index (χ0) is 12.3. The maximum atomic E-state index is 10.4. The molecular formula is C14H28N2O. The molecule has 1 saturated heterocycles. The fourth-order valence-corrected chi connectivity index (χ4v) is 3.60. The van der Waals surface area contributed by atoms with E-state index >= 15 is 0 Å². The molecule has 0 spiro atoms. The first-order valence-electron chi connectivity index (χ1n) is 7.35. The van der Waals surface area contributed by atoms with Gasteiger partial charge in [-0.05, 0) is 38.9 Å². The minimum atomic E-state index is -0.363. The van der Waals surface area contributed by atoms with E-state index < -0.39 is 0 Å². The van der Waals surface area contributed by atoms with Crippen LogP contribution in [-0.2, 0) is 0 Å². The van der Waals surface area contributed by atoms with E-state index in [9.17, 15) is 5.11 Å². The first kappa shape index (κ1) is 13.3. The Hall–Kier alpha value is -0.120. The highest BCUT2D eigenvalue weighted by Crippen LogP contribution is 2.31. The van der Waals surface area contributed by atoms with Crippen LogP contribution in [0, 0.1) is 0 Å². The lowest BCUT2D eigenvalue weighted by atomic mass is 10.0. The third kappa shape index (κ3) is 3.21. The Kier molecular flexibility index (Phi) is 4.45. The first-order chi connectivity index (χ1) is 8.17. The molecule has 0 aromatic rings. The fraction of sp³-hybridized carbons (Fsp3) is 1.00. The molecular weight excluding hydrogens is 212 g/mol. The van der Waals surface area contributed by atoms with E-state index in [2.05, 4.69) is 23.6 Å². The van der Waals surface area contributed by atoms with E-state index in [4.69, 9.17) is 0 Å². The van der Waals surface area contributed by atoms with Crippen molar-refractivity contribution in [3.05, 3.63) is 0 Å². The maximum absolute atomic E-state index is 10.4. The van der Waals surface area contributed by atoms with E-state index in [-0.39, 0.29) is 5.60 Å². The molecule has 0 aromatic heterocycles. The van der Waals surface area contributed by atoms with Crippen LogP contribution in [0.1, 0.15) is 46.0 Å². The number of aliphatic hydroxyl groups is 1. The molecule has 2 aliphatic rings. The van der Waals surface area contributed by atoms with Crippen LogP contribution in [0.3, 0.4) is 0 Å². The molecule has 1 N–H and O–H groups in total. The SMILES string of the molecule is CCN(CC)C1CCN(CC2(O)CCCC2)C1. The highest BCUT2D eigenvalue weighted by molar-refractivity contribution is 4.91. The first-order valence-corrected chi connectivity index (χ1v) is 7.35. The minimum absolute atomic E-state index is 0.363. The normalized spacial score (nSPS) is 29.3. The highest BCUT2D eigenvalue weighted by atomic mass is 16.3. The molecule has 0 amide bonds. The van der Waals surface area contributed by atoms with Gasteiger partial charge in [0.2, 0.25) is 0 Å².